The number of amides is 1. The van der Waals surface area contributed by atoms with Crippen molar-refractivity contribution in [2.24, 2.45) is 4.99 Å². The number of carbonyl (C=O) groups excluding carboxylic acids is 1. The lowest BCUT2D eigenvalue weighted by molar-refractivity contribution is 0.256. The third-order valence-electron chi connectivity index (χ3n) is 4.08. The van der Waals surface area contributed by atoms with Crippen molar-refractivity contribution in [3.05, 3.63) is 35.9 Å². The number of thiocarbonyl (C=S) groups is 1. The topological polar surface area (TPSA) is 82.6 Å². The molecule has 0 aromatic heterocycles. The fourth-order valence-corrected chi connectivity index (χ4v) is 5.75. The molecule has 1 aromatic rings. The summed E-state index contributed by atoms with van der Waals surface area (Å²) in [4.78, 5) is 18.1. The fourth-order valence-electron chi connectivity index (χ4n) is 2.52. The Balaban J connectivity index is 2.64. The molecule has 0 aliphatic carbocycles. The lowest BCUT2D eigenvalue weighted by Crippen LogP contribution is -2.65. The van der Waals surface area contributed by atoms with Crippen LogP contribution in [0.15, 0.2) is 35.3 Å². The molecule has 1 amide bonds. The van der Waals surface area contributed by atoms with Crippen molar-refractivity contribution >= 4 is 36.9 Å². The van der Waals surface area contributed by atoms with Gasteiger partial charge in [0.25, 0.3) is 0 Å². The van der Waals surface area contributed by atoms with Crippen LogP contribution in [-0.4, -0.2) is 38.2 Å². The normalized spacial score (nSPS) is 18.2. The van der Waals surface area contributed by atoms with E-state index in [9.17, 15) is 9.00 Å². The van der Waals surface area contributed by atoms with Crippen molar-refractivity contribution < 1.29 is 9.00 Å². The van der Waals surface area contributed by atoms with Crippen LogP contribution in [0, 0.1) is 0 Å². The van der Waals surface area contributed by atoms with Gasteiger partial charge >= 0.3 is 5.24 Å². The summed E-state index contributed by atoms with van der Waals surface area (Å²) in [6.45, 7) is 7.30. The Bertz CT molecular complexity index is 787. The number of hydrogen-bond donors (Lipinski definition) is 3. The molecular weight excluding hydrogens is 356 g/mol. The highest BCUT2D eigenvalue weighted by Gasteiger charge is 2.53. The molecule has 0 unspecified atom stereocenters. The quantitative estimate of drug-likeness (QED) is 0.698. The van der Waals surface area contributed by atoms with Gasteiger partial charge in [0.2, 0.25) is 0 Å². The van der Waals surface area contributed by atoms with Gasteiger partial charge in [0.1, 0.15) is 10.5 Å². The average molecular weight is 383 g/mol. The summed E-state index contributed by atoms with van der Waals surface area (Å²) < 4.78 is 17.3. The Morgan fingerprint density at radius 3 is 2.36 bits per heavy atom. The van der Waals surface area contributed by atoms with Crippen LogP contribution in [0.1, 0.15) is 33.3 Å². The standard InChI is InChI=1S/C17H26N4O2S2/c1-12(2)19-16(22)25(23,18-5,11-13-9-7-6-8-10-13)15-20-14(24)17(3,4)21-15/h6-10,12H,11H2,1-5H3,(H,18,23)(H,19,22)(H,20,21,24). The molecule has 0 saturated carbocycles. The van der Waals surface area contributed by atoms with Crippen molar-refractivity contribution in [3.8, 4) is 0 Å². The predicted molar refractivity (Wildman–Crippen MR) is 108 cm³/mol. The summed E-state index contributed by atoms with van der Waals surface area (Å²) in [7, 11) is -2.74. The Morgan fingerprint density at radius 2 is 1.92 bits per heavy atom. The lowest BCUT2D eigenvalue weighted by atomic mass is 10.1. The predicted octanol–water partition coefficient (Wildman–Crippen LogP) is 2.32. The molecule has 138 valence electrons. The summed E-state index contributed by atoms with van der Waals surface area (Å²) in [5, 5.41) is 5.26. The van der Waals surface area contributed by atoms with Gasteiger partial charge in [-0.15, -0.1) is 0 Å². The zero-order chi connectivity index (χ0) is 18.9. The molecular formula is C17H26N4O2S2. The number of hydrogen-bond acceptors (Lipinski definition) is 4. The highest BCUT2D eigenvalue weighted by atomic mass is 32.3. The fraction of sp³-hybridized carbons (Fsp3) is 0.471. The van der Waals surface area contributed by atoms with E-state index in [4.69, 9.17) is 12.2 Å². The van der Waals surface area contributed by atoms with Crippen LogP contribution < -0.4 is 15.4 Å². The number of amidine groups is 1. The van der Waals surface area contributed by atoms with E-state index in [-0.39, 0.29) is 17.0 Å². The second-order valence-electron chi connectivity index (χ2n) is 6.96. The van der Waals surface area contributed by atoms with E-state index in [1.165, 1.54) is 7.05 Å². The number of nitrogens with zero attached hydrogens (tertiary/aromatic N) is 1. The van der Waals surface area contributed by atoms with E-state index in [2.05, 4.69) is 20.3 Å². The van der Waals surface area contributed by atoms with Crippen LogP contribution in [0.5, 0.6) is 0 Å². The van der Waals surface area contributed by atoms with Gasteiger partial charge in [0.05, 0.1) is 15.0 Å². The molecule has 0 atom stereocenters. The molecule has 0 saturated heterocycles. The van der Waals surface area contributed by atoms with Crippen LogP contribution >= 0.6 is 12.2 Å². The summed E-state index contributed by atoms with van der Waals surface area (Å²) >= 11 is 5.33. The summed E-state index contributed by atoms with van der Waals surface area (Å²) in [6.07, 6.45) is 0. The van der Waals surface area contributed by atoms with E-state index >= 15 is 0 Å². The maximum absolute atomic E-state index is 14.4. The zero-order valence-corrected chi connectivity index (χ0v) is 16.9. The molecule has 0 fully saturated rings. The number of aliphatic imine (C=N–C) groups is 1. The number of nitrogens with one attached hydrogen (secondary N) is 3. The number of carbonyl (C=O) groups is 1. The second kappa shape index (κ2) is 6.59. The molecule has 1 aliphatic heterocycles. The van der Waals surface area contributed by atoms with Gasteiger partial charge < -0.3 is 10.6 Å². The molecule has 3 N–H and O–H groups in total. The zero-order valence-electron chi connectivity index (χ0n) is 15.3. The molecule has 2 rings (SSSR count). The maximum atomic E-state index is 14.4. The smallest absolute Gasteiger partial charge is 0.307 e. The van der Waals surface area contributed by atoms with Crippen molar-refractivity contribution in [3.63, 3.8) is 0 Å². The first-order valence-electron chi connectivity index (χ1n) is 8.13. The maximum Gasteiger partial charge on any atom is 0.307 e. The monoisotopic (exact) mass is 382 g/mol. The third-order valence-corrected chi connectivity index (χ3v) is 8.34. The molecule has 0 spiro atoms. The summed E-state index contributed by atoms with van der Waals surface area (Å²) in [5.41, 5.74) is 0.0611. The van der Waals surface area contributed by atoms with E-state index in [0.29, 0.717) is 4.99 Å². The van der Waals surface area contributed by atoms with Crippen LogP contribution in [0.25, 0.3) is 0 Å². The van der Waals surface area contributed by atoms with Crippen molar-refractivity contribution in [2.75, 3.05) is 7.05 Å². The second-order valence-corrected chi connectivity index (χ2v) is 11.0. The van der Waals surface area contributed by atoms with Gasteiger partial charge in [-0.05, 0) is 40.3 Å². The highest BCUT2D eigenvalue weighted by molar-refractivity contribution is 8.41. The molecule has 6 nitrogen and oxygen atoms in total. The Morgan fingerprint density at radius 1 is 1.32 bits per heavy atom. The van der Waals surface area contributed by atoms with Crippen molar-refractivity contribution in [1.29, 1.82) is 0 Å². The molecule has 25 heavy (non-hydrogen) atoms. The highest BCUT2D eigenvalue weighted by Crippen LogP contribution is 2.33. The van der Waals surface area contributed by atoms with Gasteiger partial charge in [0.15, 0.2) is 5.17 Å². The average Bonchev–Trinajstić information content (AvgIpc) is 2.82. The summed E-state index contributed by atoms with van der Waals surface area (Å²) in [5.74, 6) is -0.00236. The summed E-state index contributed by atoms with van der Waals surface area (Å²) in [6, 6.07) is 9.09. The van der Waals surface area contributed by atoms with E-state index < -0.39 is 20.0 Å². The Kier molecular flexibility index (Phi) is 5.18. The van der Waals surface area contributed by atoms with Crippen LogP contribution in [0.4, 0.5) is 4.79 Å². The molecule has 0 radical (unpaired) electrons. The largest absolute Gasteiger partial charge is 0.343 e. The SMILES string of the molecule is CNS(=O)(Cc1ccccc1)(C(=O)NC(C)C)C1=NC(C)(C)C(=S)N1. The first kappa shape index (κ1) is 19.7. The van der Waals surface area contributed by atoms with Gasteiger partial charge in [-0.2, -0.15) is 0 Å². The minimum Gasteiger partial charge on any atom is -0.343 e. The third kappa shape index (κ3) is 3.51. The number of benzene rings is 1. The molecule has 0 bridgehead atoms. The van der Waals surface area contributed by atoms with E-state index in [1.807, 2.05) is 58.0 Å². The van der Waals surface area contributed by atoms with Crippen LogP contribution in [0.3, 0.4) is 0 Å². The first-order valence-corrected chi connectivity index (χ1v) is 10.7. The van der Waals surface area contributed by atoms with Crippen molar-refractivity contribution in [1.82, 2.24) is 15.4 Å². The number of rotatable bonds is 4. The van der Waals surface area contributed by atoms with Crippen LogP contribution in [0.2, 0.25) is 0 Å². The molecule has 1 aliphatic rings. The molecule has 1 heterocycles. The molecule has 8 heteroatoms. The van der Waals surface area contributed by atoms with E-state index in [1.54, 1.807) is 0 Å². The lowest BCUT2D eigenvalue weighted by Gasteiger charge is -2.40. The Labute approximate surface area is 154 Å². The minimum absolute atomic E-state index is 0.00236. The van der Waals surface area contributed by atoms with E-state index in [0.717, 1.165) is 5.56 Å². The van der Waals surface area contributed by atoms with Gasteiger partial charge in [-0.3, -0.25) is 9.00 Å². The molecule has 1 aromatic carbocycles. The van der Waals surface area contributed by atoms with Gasteiger partial charge in [-0.25, -0.2) is 9.71 Å². The van der Waals surface area contributed by atoms with Gasteiger partial charge in [0, 0.05) is 6.04 Å². The minimum atomic E-state index is -4.26. The van der Waals surface area contributed by atoms with Crippen molar-refractivity contribution in [2.45, 2.75) is 45.0 Å². The Hall–Kier alpha value is -1.64. The van der Waals surface area contributed by atoms with Crippen LogP contribution in [-0.2, 0) is 15.0 Å². The first-order chi connectivity index (χ1) is 11.5. The van der Waals surface area contributed by atoms with Gasteiger partial charge in [-0.1, -0.05) is 42.5 Å².